The lowest BCUT2D eigenvalue weighted by Gasteiger charge is -2.31. The summed E-state index contributed by atoms with van der Waals surface area (Å²) < 4.78 is 2.21. The number of aliphatic hydroxyl groups is 1. The van der Waals surface area contributed by atoms with Gasteiger partial charge < -0.3 is 15.0 Å². The molecule has 2 bridgehead atoms. The molecule has 5 heteroatoms. The molecule has 2 aliphatic rings. The van der Waals surface area contributed by atoms with Crippen LogP contribution in [0, 0.1) is 0 Å². The van der Waals surface area contributed by atoms with E-state index in [1.807, 2.05) is 0 Å². The average molecular weight is 250 g/mol. The van der Waals surface area contributed by atoms with Gasteiger partial charge in [-0.15, -0.1) is 10.2 Å². The molecule has 0 aromatic carbocycles. The van der Waals surface area contributed by atoms with Crippen LogP contribution in [-0.2, 0) is 6.61 Å². The van der Waals surface area contributed by atoms with Crippen molar-refractivity contribution in [2.24, 2.45) is 0 Å². The lowest BCUT2D eigenvalue weighted by atomic mass is 9.98. The first-order valence-corrected chi connectivity index (χ1v) is 6.99. The van der Waals surface area contributed by atoms with Gasteiger partial charge in [0, 0.05) is 24.0 Å². The van der Waals surface area contributed by atoms with Crippen LogP contribution >= 0.6 is 0 Å². The number of piperidine rings is 1. The van der Waals surface area contributed by atoms with E-state index < -0.39 is 0 Å². The Kier molecular flexibility index (Phi) is 3.11. The standard InChI is InChI=1S/C13H22N4O/c1-8(2)13-16-15-12(7-18)17(13)11-5-9-3-4-10(6-11)14-9/h8-11,14,18H,3-7H2,1-2H3/t9-,10+,11?. The van der Waals surface area contributed by atoms with Gasteiger partial charge in [0.25, 0.3) is 0 Å². The number of nitrogens with zero attached hydrogens (tertiary/aromatic N) is 3. The number of rotatable bonds is 3. The monoisotopic (exact) mass is 250 g/mol. The summed E-state index contributed by atoms with van der Waals surface area (Å²) in [5, 5.41) is 21.5. The SMILES string of the molecule is CC(C)c1nnc(CO)n1C1C[C@H]2CC[C@@H](C1)N2. The number of hydrogen-bond acceptors (Lipinski definition) is 4. The molecule has 1 aromatic heterocycles. The molecule has 3 rings (SSSR count). The molecule has 2 saturated heterocycles. The highest BCUT2D eigenvalue weighted by Crippen LogP contribution is 2.36. The Hall–Kier alpha value is -0.940. The lowest BCUT2D eigenvalue weighted by molar-refractivity contribution is 0.239. The highest BCUT2D eigenvalue weighted by molar-refractivity contribution is 5.05. The fourth-order valence-electron chi connectivity index (χ4n) is 3.47. The Morgan fingerprint density at radius 3 is 2.50 bits per heavy atom. The number of aliphatic hydroxyl groups excluding tert-OH is 1. The molecular formula is C13H22N4O. The third-order valence-electron chi connectivity index (χ3n) is 4.26. The molecule has 3 heterocycles. The van der Waals surface area contributed by atoms with E-state index >= 15 is 0 Å². The van der Waals surface area contributed by atoms with Gasteiger partial charge in [0.15, 0.2) is 5.82 Å². The van der Waals surface area contributed by atoms with E-state index in [2.05, 4.69) is 33.9 Å². The van der Waals surface area contributed by atoms with Crippen molar-refractivity contribution in [3.63, 3.8) is 0 Å². The topological polar surface area (TPSA) is 63.0 Å². The van der Waals surface area contributed by atoms with Crippen molar-refractivity contribution in [3.05, 3.63) is 11.6 Å². The minimum absolute atomic E-state index is 0.0149. The molecule has 2 fully saturated rings. The maximum atomic E-state index is 9.45. The summed E-state index contributed by atoms with van der Waals surface area (Å²) in [7, 11) is 0. The van der Waals surface area contributed by atoms with Gasteiger partial charge >= 0.3 is 0 Å². The first-order chi connectivity index (χ1) is 8.69. The van der Waals surface area contributed by atoms with Crippen LogP contribution in [0.1, 0.15) is 63.1 Å². The summed E-state index contributed by atoms with van der Waals surface area (Å²) in [4.78, 5) is 0. The van der Waals surface area contributed by atoms with Crippen molar-refractivity contribution in [1.82, 2.24) is 20.1 Å². The van der Waals surface area contributed by atoms with Crippen molar-refractivity contribution in [2.75, 3.05) is 0 Å². The highest BCUT2D eigenvalue weighted by Gasteiger charge is 2.36. The molecule has 2 aliphatic heterocycles. The van der Waals surface area contributed by atoms with Crippen LogP contribution in [0.2, 0.25) is 0 Å². The van der Waals surface area contributed by atoms with Crippen LogP contribution in [0.5, 0.6) is 0 Å². The molecule has 100 valence electrons. The summed E-state index contributed by atoms with van der Waals surface area (Å²) in [5.41, 5.74) is 0. The van der Waals surface area contributed by atoms with E-state index in [4.69, 9.17) is 0 Å². The molecule has 3 atom stereocenters. The van der Waals surface area contributed by atoms with E-state index in [-0.39, 0.29) is 6.61 Å². The van der Waals surface area contributed by atoms with Gasteiger partial charge in [-0.2, -0.15) is 0 Å². The smallest absolute Gasteiger partial charge is 0.159 e. The van der Waals surface area contributed by atoms with Crippen molar-refractivity contribution in [3.8, 4) is 0 Å². The average Bonchev–Trinajstić information content (AvgIpc) is 2.92. The Labute approximate surface area is 108 Å². The van der Waals surface area contributed by atoms with Crippen LogP contribution in [0.3, 0.4) is 0 Å². The maximum Gasteiger partial charge on any atom is 0.159 e. The van der Waals surface area contributed by atoms with E-state index in [1.54, 1.807) is 0 Å². The molecule has 5 nitrogen and oxygen atoms in total. The number of fused-ring (bicyclic) bond motifs is 2. The van der Waals surface area contributed by atoms with E-state index in [1.165, 1.54) is 12.8 Å². The third-order valence-corrected chi connectivity index (χ3v) is 4.26. The Balaban J connectivity index is 1.92. The zero-order valence-corrected chi connectivity index (χ0v) is 11.1. The first kappa shape index (κ1) is 12.1. The second kappa shape index (κ2) is 4.63. The molecular weight excluding hydrogens is 228 g/mol. The minimum atomic E-state index is -0.0149. The highest BCUT2D eigenvalue weighted by atomic mass is 16.3. The van der Waals surface area contributed by atoms with Gasteiger partial charge in [0.2, 0.25) is 0 Å². The fourth-order valence-corrected chi connectivity index (χ4v) is 3.47. The Morgan fingerprint density at radius 1 is 1.28 bits per heavy atom. The minimum Gasteiger partial charge on any atom is -0.388 e. The van der Waals surface area contributed by atoms with Crippen molar-refractivity contribution < 1.29 is 5.11 Å². The number of nitrogens with one attached hydrogen (secondary N) is 1. The molecule has 0 aliphatic carbocycles. The largest absolute Gasteiger partial charge is 0.388 e. The van der Waals surface area contributed by atoms with Gasteiger partial charge in [-0.05, 0) is 25.7 Å². The van der Waals surface area contributed by atoms with Crippen LogP contribution in [-0.4, -0.2) is 32.0 Å². The molecule has 0 spiro atoms. The Bertz CT molecular complexity index is 417. The summed E-state index contributed by atoms with van der Waals surface area (Å²) in [6.45, 7) is 4.26. The molecule has 1 unspecified atom stereocenters. The molecule has 0 radical (unpaired) electrons. The van der Waals surface area contributed by atoms with Crippen LogP contribution in [0.4, 0.5) is 0 Å². The van der Waals surface area contributed by atoms with Crippen LogP contribution in [0.25, 0.3) is 0 Å². The predicted molar refractivity (Wildman–Crippen MR) is 68.3 cm³/mol. The second-order valence-corrected chi connectivity index (χ2v) is 5.92. The van der Waals surface area contributed by atoms with Crippen LogP contribution in [0.15, 0.2) is 0 Å². The van der Waals surface area contributed by atoms with E-state index in [9.17, 15) is 5.11 Å². The van der Waals surface area contributed by atoms with Gasteiger partial charge in [-0.1, -0.05) is 13.8 Å². The maximum absolute atomic E-state index is 9.45. The normalized spacial score (nSPS) is 31.2. The molecule has 1 aromatic rings. The van der Waals surface area contributed by atoms with E-state index in [0.717, 1.165) is 24.5 Å². The lowest BCUT2D eigenvalue weighted by Crippen LogP contribution is -2.39. The van der Waals surface area contributed by atoms with E-state index in [0.29, 0.717) is 24.0 Å². The van der Waals surface area contributed by atoms with Gasteiger partial charge in [0.05, 0.1) is 0 Å². The molecule has 18 heavy (non-hydrogen) atoms. The zero-order chi connectivity index (χ0) is 12.7. The summed E-state index contributed by atoms with van der Waals surface area (Å²) >= 11 is 0. The van der Waals surface area contributed by atoms with Crippen molar-refractivity contribution >= 4 is 0 Å². The number of hydrogen-bond donors (Lipinski definition) is 2. The van der Waals surface area contributed by atoms with Gasteiger partial charge in [0.1, 0.15) is 12.4 Å². The van der Waals surface area contributed by atoms with Gasteiger partial charge in [-0.25, -0.2) is 0 Å². The summed E-state index contributed by atoms with van der Waals surface area (Å²) in [6.07, 6.45) is 4.85. The third kappa shape index (κ3) is 1.95. The molecule has 0 amide bonds. The van der Waals surface area contributed by atoms with Crippen molar-refractivity contribution in [2.45, 2.75) is 70.2 Å². The fraction of sp³-hybridized carbons (Fsp3) is 0.846. The predicted octanol–water partition coefficient (Wildman–Crippen LogP) is 1.35. The Morgan fingerprint density at radius 2 is 1.94 bits per heavy atom. The zero-order valence-electron chi connectivity index (χ0n) is 11.1. The summed E-state index contributed by atoms with van der Waals surface area (Å²) in [6, 6.07) is 1.74. The quantitative estimate of drug-likeness (QED) is 0.850. The summed E-state index contributed by atoms with van der Waals surface area (Å²) in [5.74, 6) is 2.10. The van der Waals surface area contributed by atoms with Crippen LogP contribution < -0.4 is 5.32 Å². The molecule has 0 saturated carbocycles. The first-order valence-electron chi connectivity index (χ1n) is 6.99. The van der Waals surface area contributed by atoms with Crippen molar-refractivity contribution in [1.29, 1.82) is 0 Å². The second-order valence-electron chi connectivity index (χ2n) is 5.92. The van der Waals surface area contributed by atoms with Gasteiger partial charge in [-0.3, -0.25) is 0 Å². The molecule has 2 N–H and O–H groups in total. The number of aromatic nitrogens is 3.